The maximum absolute atomic E-state index is 12.8. The summed E-state index contributed by atoms with van der Waals surface area (Å²) >= 11 is 0. The van der Waals surface area contributed by atoms with Gasteiger partial charge in [-0.1, -0.05) is 60.7 Å². The van der Waals surface area contributed by atoms with Crippen LogP contribution in [-0.4, -0.2) is 38.0 Å². The van der Waals surface area contributed by atoms with Gasteiger partial charge in [-0.05, 0) is 24.0 Å². The maximum Gasteiger partial charge on any atom is 0.223 e. The molecule has 0 saturated carbocycles. The summed E-state index contributed by atoms with van der Waals surface area (Å²) < 4.78 is 24.7. The SMILES string of the molecule is CS(=O)(=O)N1CCC(C(=O)NC(c2ccccc2)c2ccccc2)CC1. The van der Waals surface area contributed by atoms with Crippen molar-refractivity contribution in [2.75, 3.05) is 19.3 Å². The number of hydrogen-bond donors (Lipinski definition) is 1. The molecule has 138 valence electrons. The van der Waals surface area contributed by atoms with E-state index in [2.05, 4.69) is 5.32 Å². The molecule has 1 fully saturated rings. The summed E-state index contributed by atoms with van der Waals surface area (Å²) in [6.45, 7) is 0.802. The van der Waals surface area contributed by atoms with E-state index < -0.39 is 10.0 Å². The van der Waals surface area contributed by atoms with Crippen LogP contribution in [0.15, 0.2) is 60.7 Å². The van der Waals surface area contributed by atoms with Gasteiger partial charge in [0.2, 0.25) is 15.9 Å². The number of nitrogens with zero attached hydrogens (tertiary/aromatic N) is 1. The van der Waals surface area contributed by atoms with Crippen LogP contribution in [0.4, 0.5) is 0 Å². The molecule has 0 unspecified atom stereocenters. The first kappa shape index (κ1) is 18.6. The number of rotatable bonds is 5. The van der Waals surface area contributed by atoms with Crippen LogP contribution in [0.5, 0.6) is 0 Å². The minimum atomic E-state index is -3.18. The molecule has 0 aliphatic carbocycles. The largest absolute Gasteiger partial charge is 0.345 e. The Kier molecular flexibility index (Phi) is 5.74. The number of benzene rings is 2. The minimum Gasteiger partial charge on any atom is -0.345 e. The van der Waals surface area contributed by atoms with Crippen LogP contribution in [0.25, 0.3) is 0 Å². The van der Waals surface area contributed by atoms with E-state index in [0.717, 1.165) is 11.1 Å². The smallest absolute Gasteiger partial charge is 0.223 e. The van der Waals surface area contributed by atoms with Gasteiger partial charge in [0.25, 0.3) is 0 Å². The lowest BCUT2D eigenvalue weighted by molar-refractivity contribution is -0.126. The lowest BCUT2D eigenvalue weighted by atomic mass is 9.94. The van der Waals surface area contributed by atoms with Crippen LogP contribution < -0.4 is 5.32 Å². The first-order chi connectivity index (χ1) is 12.4. The van der Waals surface area contributed by atoms with Crippen molar-refractivity contribution >= 4 is 15.9 Å². The molecule has 5 nitrogen and oxygen atoms in total. The molecule has 0 bridgehead atoms. The van der Waals surface area contributed by atoms with Crippen molar-refractivity contribution in [1.29, 1.82) is 0 Å². The van der Waals surface area contributed by atoms with Gasteiger partial charge in [0.1, 0.15) is 0 Å². The minimum absolute atomic E-state index is 0.0177. The molecule has 0 atom stereocenters. The number of carbonyl (C=O) groups is 1. The first-order valence-electron chi connectivity index (χ1n) is 8.80. The molecule has 2 aromatic rings. The van der Waals surface area contributed by atoms with Crippen LogP contribution >= 0.6 is 0 Å². The molecule has 2 aromatic carbocycles. The summed E-state index contributed by atoms with van der Waals surface area (Å²) in [5, 5.41) is 3.17. The monoisotopic (exact) mass is 372 g/mol. The van der Waals surface area contributed by atoms with Crippen LogP contribution in [0.1, 0.15) is 30.0 Å². The molecular formula is C20H24N2O3S. The Morgan fingerprint density at radius 3 is 1.85 bits per heavy atom. The highest BCUT2D eigenvalue weighted by molar-refractivity contribution is 7.88. The third-order valence-electron chi connectivity index (χ3n) is 4.85. The fourth-order valence-corrected chi connectivity index (χ4v) is 4.23. The van der Waals surface area contributed by atoms with Gasteiger partial charge in [-0.15, -0.1) is 0 Å². The predicted molar refractivity (Wildman–Crippen MR) is 102 cm³/mol. The van der Waals surface area contributed by atoms with Crippen molar-refractivity contribution in [3.8, 4) is 0 Å². The van der Waals surface area contributed by atoms with Gasteiger partial charge >= 0.3 is 0 Å². The molecule has 0 radical (unpaired) electrons. The zero-order valence-electron chi connectivity index (χ0n) is 14.8. The topological polar surface area (TPSA) is 66.5 Å². The second-order valence-electron chi connectivity index (χ2n) is 6.70. The quantitative estimate of drug-likeness (QED) is 0.877. The van der Waals surface area contributed by atoms with E-state index >= 15 is 0 Å². The lowest BCUT2D eigenvalue weighted by Crippen LogP contribution is -2.43. The summed E-state index contributed by atoms with van der Waals surface area (Å²) in [4.78, 5) is 12.8. The Bertz CT molecular complexity index is 790. The maximum atomic E-state index is 12.8. The molecular weight excluding hydrogens is 348 g/mol. The number of hydrogen-bond acceptors (Lipinski definition) is 3. The highest BCUT2D eigenvalue weighted by Gasteiger charge is 2.30. The molecule has 0 aromatic heterocycles. The van der Waals surface area contributed by atoms with Gasteiger partial charge in [-0.3, -0.25) is 4.79 Å². The fraction of sp³-hybridized carbons (Fsp3) is 0.350. The van der Waals surface area contributed by atoms with Crippen molar-refractivity contribution in [2.24, 2.45) is 5.92 Å². The lowest BCUT2D eigenvalue weighted by Gasteiger charge is -2.30. The number of sulfonamides is 1. The number of carbonyl (C=O) groups excluding carboxylic acids is 1. The van der Waals surface area contributed by atoms with Gasteiger partial charge in [0.05, 0.1) is 12.3 Å². The molecule has 3 rings (SSSR count). The van der Waals surface area contributed by atoms with E-state index in [1.165, 1.54) is 10.6 Å². The second kappa shape index (κ2) is 8.01. The van der Waals surface area contributed by atoms with Crippen molar-refractivity contribution in [1.82, 2.24) is 9.62 Å². The zero-order valence-corrected chi connectivity index (χ0v) is 15.7. The first-order valence-corrected chi connectivity index (χ1v) is 10.7. The van der Waals surface area contributed by atoms with Crippen LogP contribution in [0, 0.1) is 5.92 Å². The summed E-state index contributed by atoms with van der Waals surface area (Å²) in [6.07, 6.45) is 2.32. The van der Waals surface area contributed by atoms with E-state index in [-0.39, 0.29) is 17.9 Å². The Hall–Kier alpha value is -2.18. The van der Waals surface area contributed by atoms with E-state index in [0.29, 0.717) is 25.9 Å². The van der Waals surface area contributed by atoms with Gasteiger partial charge in [0, 0.05) is 19.0 Å². The third kappa shape index (κ3) is 4.51. The van der Waals surface area contributed by atoms with Crippen LogP contribution in [0.3, 0.4) is 0 Å². The standard InChI is InChI=1S/C20H24N2O3S/c1-26(24,25)22-14-12-18(13-15-22)20(23)21-19(16-8-4-2-5-9-16)17-10-6-3-7-11-17/h2-11,18-19H,12-15H2,1H3,(H,21,23). The highest BCUT2D eigenvalue weighted by atomic mass is 32.2. The zero-order chi connectivity index (χ0) is 18.6. The molecule has 0 spiro atoms. The summed E-state index contributed by atoms with van der Waals surface area (Å²) in [6, 6.07) is 19.6. The second-order valence-corrected chi connectivity index (χ2v) is 8.68. The molecule has 6 heteroatoms. The van der Waals surface area contributed by atoms with Crippen LogP contribution in [-0.2, 0) is 14.8 Å². The third-order valence-corrected chi connectivity index (χ3v) is 6.15. The molecule has 1 aliphatic rings. The fourth-order valence-electron chi connectivity index (χ4n) is 3.36. The van der Waals surface area contributed by atoms with Gasteiger partial charge in [0.15, 0.2) is 0 Å². The summed E-state index contributed by atoms with van der Waals surface area (Å²) in [5.41, 5.74) is 2.06. The Labute approximate surface area is 155 Å². The average Bonchev–Trinajstić information content (AvgIpc) is 2.67. The average molecular weight is 372 g/mol. The normalized spacial score (nSPS) is 16.5. The Balaban J connectivity index is 1.73. The molecule has 1 heterocycles. The number of piperidine rings is 1. The molecule has 1 saturated heterocycles. The Morgan fingerprint density at radius 1 is 0.962 bits per heavy atom. The van der Waals surface area contributed by atoms with E-state index in [1.54, 1.807) is 0 Å². The number of amides is 1. The van der Waals surface area contributed by atoms with Crippen molar-refractivity contribution in [3.05, 3.63) is 71.8 Å². The van der Waals surface area contributed by atoms with Crippen molar-refractivity contribution in [2.45, 2.75) is 18.9 Å². The van der Waals surface area contributed by atoms with E-state index in [9.17, 15) is 13.2 Å². The molecule has 1 aliphatic heterocycles. The highest BCUT2D eigenvalue weighted by Crippen LogP contribution is 2.25. The number of nitrogens with one attached hydrogen (secondary N) is 1. The van der Waals surface area contributed by atoms with Crippen molar-refractivity contribution < 1.29 is 13.2 Å². The van der Waals surface area contributed by atoms with Crippen molar-refractivity contribution in [3.63, 3.8) is 0 Å². The molecule has 1 N–H and O–H groups in total. The van der Waals surface area contributed by atoms with Gasteiger partial charge in [-0.25, -0.2) is 12.7 Å². The van der Waals surface area contributed by atoms with Crippen LogP contribution in [0.2, 0.25) is 0 Å². The van der Waals surface area contributed by atoms with E-state index in [1.807, 2.05) is 60.7 Å². The van der Waals surface area contributed by atoms with E-state index in [4.69, 9.17) is 0 Å². The molecule has 26 heavy (non-hydrogen) atoms. The van der Waals surface area contributed by atoms with Gasteiger partial charge in [-0.2, -0.15) is 0 Å². The molecule has 1 amide bonds. The van der Waals surface area contributed by atoms with Gasteiger partial charge < -0.3 is 5.32 Å². The predicted octanol–water partition coefficient (Wildman–Crippen LogP) is 2.56. The Morgan fingerprint density at radius 2 is 1.42 bits per heavy atom. The summed E-state index contributed by atoms with van der Waals surface area (Å²) in [7, 11) is -3.18. The summed E-state index contributed by atoms with van der Waals surface area (Å²) in [5.74, 6) is -0.182.